The summed E-state index contributed by atoms with van der Waals surface area (Å²) in [5.41, 5.74) is 1.30. The molecule has 1 aromatic rings. The van der Waals surface area contributed by atoms with Gasteiger partial charge in [0.15, 0.2) is 0 Å². The van der Waals surface area contributed by atoms with E-state index < -0.39 is 6.10 Å². The van der Waals surface area contributed by atoms with Crippen molar-refractivity contribution in [3.05, 3.63) is 35.4 Å². The van der Waals surface area contributed by atoms with E-state index in [4.69, 9.17) is 21.5 Å². The second kappa shape index (κ2) is 5.82. The molecular weight excluding hydrogens is 190 g/mol. The van der Waals surface area contributed by atoms with Crippen molar-refractivity contribution in [1.82, 2.24) is 0 Å². The Morgan fingerprint density at radius 1 is 1.53 bits per heavy atom. The number of nitrogens with zero attached hydrogens (tertiary/aromatic N) is 1. The summed E-state index contributed by atoms with van der Waals surface area (Å²) in [5, 5.41) is 17.3. The maximum absolute atomic E-state index is 8.71. The molecule has 3 heteroatoms. The van der Waals surface area contributed by atoms with E-state index in [1.165, 1.54) is 0 Å². The van der Waals surface area contributed by atoms with Gasteiger partial charge >= 0.3 is 0 Å². The molecule has 3 nitrogen and oxygen atoms in total. The van der Waals surface area contributed by atoms with E-state index >= 15 is 0 Å². The molecule has 0 heterocycles. The lowest BCUT2D eigenvalue weighted by Crippen LogP contribution is -2.06. The van der Waals surface area contributed by atoms with E-state index in [0.29, 0.717) is 5.56 Å². The number of rotatable bonds is 4. The van der Waals surface area contributed by atoms with Gasteiger partial charge in [0.1, 0.15) is 6.10 Å². The molecular formula is C12H11NO2. The highest BCUT2D eigenvalue weighted by atomic mass is 16.5. The van der Waals surface area contributed by atoms with E-state index in [1.54, 1.807) is 24.3 Å². The third-order valence-electron chi connectivity index (χ3n) is 1.85. The molecule has 0 saturated carbocycles. The van der Waals surface area contributed by atoms with Gasteiger partial charge in [0.2, 0.25) is 0 Å². The van der Waals surface area contributed by atoms with E-state index in [2.05, 4.69) is 5.92 Å². The van der Waals surface area contributed by atoms with E-state index in [1.807, 2.05) is 6.07 Å². The molecule has 1 rings (SSSR count). The minimum atomic E-state index is -0.509. The van der Waals surface area contributed by atoms with Crippen LogP contribution in [-0.4, -0.2) is 18.3 Å². The van der Waals surface area contributed by atoms with Gasteiger partial charge in [0.05, 0.1) is 24.8 Å². The number of ether oxygens (including phenoxy) is 1. The fourth-order valence-electron chi connectivity index (χ4n) is 1.18. The average molecular weight is 201 g/mol. The van der Waals surface area contributed by atoms with Crippen molar-refractivity contribution < 1.29 is 9.84 Å². The van der Waals surface area contributed by atoms with E-state index in [-0.39, 0.29) is 13.2 Å². The summed E-state index contributed by atoms with van der Waals surface area (Å²) in [4.78, 5) is 0. The van der Waals surface area contributed by atoms with Crippen LogP contribution in [0, 0.1) is 23.7 Å². The Morgan fingerprint density at radius 3 is 2.93 bits per heavy atom. The van der Waals surface area contributed by atoms with Gasteiger partial charge in [0, 0.05) is 0 Å². The van der Waals surface area contributed by atoms with Crippen molar-refractivity contribution >= 4 is 0 Å². The van der Waals surface area contributed by atoms with Crippen LogP contribution in [0.15, 0.2) is 24.3 Å². The highest BCUT2D eigenvalue weighted by molar-refractivity contribution is 5.35. The summed E-state index contributed by atoms with van der Waals surface area (Å²) in [6.07, 6.45) is 4.79. The first-order valence-corrected chi connectivity index (χ1v) is 4.50. The molecule has 0 spiro atoms. The number of aliphatic hydroxyl groups is 1. The number of aliphatic hydroxyl groups excluding tert-OH is 1. The number of nitriles is 1. The van der Waals surface area contributed by atoms with Crippen LogP contribution < -0.4 is 0 Å². The molecule has 0 aliphatic rings. The molecule has 15 heavy (non-hydrogen) atoms. The van der Waals surface area contributed by atoms with Gasteiger partial charge in [-0.15, -0.1) is 6.42 Å². The first-order chi connectivity index (χ1) is 7.31. The number of hydrogen-bond donors (Lipinski definition) is 1. The third kappa shape index (κ3) is 3.11. The minimum absolute atomic E-state index is 0.0733. The lowest BCUT2D eigenvalue weighted by Gasteiger charge is -2.11. The van der Waals surface area contributed by atoms with Crippen molar-refractivity contribution in [1.29, 1.82) is 5.26 Å². The van der Waals surface area contributed by atoms with Crippen LogP contribution >= 0.6 is 0 Å². The zero-order valence-electron chi connectivity index (χ0n) is 8.18. The summed E-state index contributed by atoms with van der Waals surface area (Å²) >= 11 is 0. The second-order valence-electron chi connectivity index (χ2n) is 2.88. The second-order valence-corrected chi connectivity index (χ2v) is 2.88. The maximum atomic E-state index is 8.71. The summed E-state index contributed by atoms with van der Waals surface area (Å²) in [6, 6.07) is 8.95. The molecule has 0 aromatic heterocycles. The topological polar surface area (TPSA) is 53.2 Å². The van der Waals surface area contributed by atoms with Crippen LogP contribution in [0.25, 0.3) is 0 Å². The quantitative estimate of drug-likeness (QED) is 0.746. The standard InChI is InChI=1S/C12H11NO2/c1-2-12(15-7-6-14)11-5-3-4-10(8-11)9-13/h1,3-5,8,12,14H,6-7H2/t12-/m1/s1. The molecule has 0 radical (unpaired) electrons. The summed E-state index contributed by atoms with van der Waals surface area (Å²) in [6.45, 7) is 0.113. The average Bonchev–Trinajstić information content (AvgIpc) is 2.30. The van der Waals surface area contributed by atoms with E-state index in [9.17, 15) is 0 Å². The van der Waals surface area contributed by atoms with Crippen molar-refractivity contribution in [3.63, 3.8) is 0 Å². The highest BCUT2D eigenvalue weighted by Gasteiger charge is 2.08. The molecule has 0 aliphatic carbocycles. The Balaban J connectivity index is 2.84. The van der Waals surface area contributed by atoms with Crippen LogP contribution in [0.1, 0.15) is 17.2 Å². The minimum Gasteiger partial charge on any atom is -0.394 e. The Bertz CT molecular complexity index is 401. The van der Waals surface area contributed by atoms with Gasteiger partial charge in [-0.2, -0.15) is 5.26 Å². The van der Waals surface area contributed by atoms with Crippen LogP contribution in [0.4, 0.5) is 0 Å². The molecule has 0 saturated heterocycles. The Kier molecular flexibility index (Phi) is 4.37. The van der Waals surface area contributed by atoms with Gasteiger partial charge in [-0.1, -0.05) is 18.1 Å². The lowest BCUT2D eigenvalue weighted by atomic mass is 10.1. The number of hydrogen-bond acceptors (Lipinski definition) is 3. The van der Waals surface area contributed by atoms with Crippen LogP contribution in [0.5, 0.6) is 0 Å². The summed E-state index contributed by atoms with van der Waals surface area (Å²) in [5.74, 6) is 2.46. The molecule has 1 atom stereocenters. The summed E-state index contributed by atoms with van der Waals surface area (Å²) < 4.78 is 5.23. The monoisotopic (exact) mass is 201 g/mol. The molecule has 1 aromatic carbocycles. The zero-order valence-corrected chi connectivity index (χ0v) is 8.18. The SMILES string of the molecule is C#C[C@@H](OCCO)c1cccc(C#N)c1. The van der Waals surface area contributed by atoms with Gasteiger partial charge in [-0.05, 0) is 17.7 Å². The molecule has 76 valence electrons. The fraction of sp³-hybridized carbons (Fsp3) is 0.250. The molecule has 0 amide bonds. The van der Waals surface area contributed by atoms with Crippen LogP contribution in [0.3, 0.4) is 0 Å². The van der Waals surface area contributed by atoms with Crippen molar-refractivity contribution in [2.75, 3.05) is 13.2 Å². The Labute approximate surface area is 88.9 Å². The molecule has 1 N–H and O–H groups in total. The highest BCUT2D eigenvalue weighted by Crippen LogP contribution is 2.17. The van der Waals surface area contributed by atoms with Gasteiger partial charge < -0.3 is 9.84 Å². The lowest BCUT2D eigenvalue weighted by molar-refractivity contribution is 0.0593. The normalized spacial score (nSPS) is 11.4. The van der Waals surface area contributed by atoms with Gasteiger partial charge in [-0.3, -0.25) is 0 Å². The van der Waals surface area contributed by atoms with Crippen molar-refractivity contribution in [3.8, 4) is 18.4 Å². The third-order valence-corrected chi connectivity index (χ3v) is 1.85. The Morgan fingerprint density at radius 2 is 2.33 bits per heavy atom. The van der Waals surface area contributed by atoms with Crippen molar-refractivity contribution in [2.24, 2.45) is 0 Å². The van der Waals surface area contributed by atoms with Crippen LogP contribution in [-0.2, 0) is 4.74 Å². The maximum Gasteiger partial charge on any atom is 0.143 e. The first kappa shape index (κ1) is 11.3. The fourth-order valence-corrected chi connectivity index (χ4v) is 1.18. The number of terminal acetylenes is 1. The smallest absolute Gasteiger partial charge is 0.143 e. The first-order valence-electron chi connectivity index (χ1n) is 4.50. The number of benzene rings is 1. The summed E-state index contributed by atoms with van der Waals surface area (Å²) in [7, 11) is 0. The zero-order chi connectivity index (χ0) is 11.1. The predicted octanol–water partition coefficient (Wildman–Crippen LogP) is 1.24. The Hall–Kier alpha value is -1.81. The molecule has 0 bridgehead atoms. The van der Waals surface area contributed by atoms with Gasteiger partial charge in [0.25, 0.3) is 0 Å². The molecule has 0 unspecified atom stereocenters. The largest absolute Gasteiger partial charge is 0.394 e. The molecule has 0 aliphatic heterocycles. The van der Waals surface area contributed by atoms with Crippen LogP contribution in [0.2, 0.25) is 0 Å². The van der Waals surface area contributed by atoms with E-state index in [0.717, 1.165) is 5.56 Å². The predicted molar refractivity (Wildman–Crippen MR) is 55.8 cm³/mol. The van der Waals surface area contributed by atoms with Crippen molar-refractivity contribution in [2.45, 2.75) is 6.10 Å². The van der Waals surface area contributed by atoms with Gasteiger partial charge in [-0.25, -0.2) is 0 Å². The molecule has 0 fully saturated rings.